The molecule has 0 aliphatic carbocycles. The Morgan fingerprint density at radius 2 is 2.11 bits per heavy atom. The average molecular weight is 369 g/mol. The smallest absolute Gasteiger partial charge is 0.148 e. The van der Waals surface area contributed by atoms with Gasteiger partial charge in [0.05, 0.1) is 15.6 Å². The van der Waals surface area contributed by atoms with Crippen LogP contribution in [0.3, 0.4) is 0 Å². The lowest BCUT2D eigenvalue weighted by atomic mass is 10.0. The fraction of sp³-hybridized carbons (Fsp3) is 0.667. The van der Waals surface area contributed by atoms with Crippen molar-refractivity contribution < 1.29 is 8.42 Å². The van der Waals surface area contributed by atoms with Crippen molar-refractivity contribution in [2.75, 3.05) is 25.6 Å². The highest BCUT2D eigenvalue weighted by Gasteiger charge is 2.25. The molecule has 0 saturated carbocycles. The molecule has 0 fully saturated rings. The lowest BCUT2D eigenvalue weighted by molar-refractivity contribution is 0.224. The fourth-order valence-electron chi connectivity index (χ4n) is 1.91. The molecular formula is C12H21BrN2O2S2. The largest absolute Gasteiger partial charge is 0.326 e. The molecule has 1 aromatic heterocycles. The van der Waals surface area contributed by atoms with Crippen LogP contribution in [0.4, 0.5) is 0 Å². The van der Waals surface area contributed by atoms with Crippen molar-refractivity contribution in [3.8, 4) is 0 Å². The van der Waals surface area contributed by atoms with Crippen LogP contribution in [0.5, 0.6) is 0 Å². The number of sulfone groups is 1. The van der Waals surface area contributed by atoms with Gasteiger partial charge in [-0.25, -0.2) is 8.42 Å². The summed E-state index contributed by atoms with van der Waals surface area (Å²) in [5.41, 5.74) is 6.20. The van der Waals surface area contributed by atoms with Crippen LogP contribution in [0.1, 0.15) is 24.3 Å². The number of nitrogens with two attached hydrogens (primary N) is 1. The Balaban J connectivity index is 2.85. The van der Waals surface area contributed by atoms with E-state index in [0.29, 0.717) is 6.54 Å². The average Bonchev–Trinajstić information content (AvgIpc) is 2.72. The molecule has 0 aliphatic heterocycles. The second-order valence-corrected chi connectivity index (χ2v) is 9.52. The molecule has 7 heteroatoms. The molecule has 0 saturated heterocycles. The maximum absolute atomic E-state index is 11.3. The Morgan fingerprint density at radius 3 is 2.53 bits per heavy atom. The Kier molecular flexibility index (Phi) is 6.46. The van der Waals surface area contributed by atoms with Crippen LogP contribution >= 0.6 is 27.3 Å². The zero-order chi connectivity index (χ0) is 14.6. The van der Waals surface area contributed by atoms with Crippen LogP contribution in [0, 0.1) is 0 Å². The van der Waals surface area contributed by atoms with Gasteiger partial charge in [0.15, 0.2) is 0 Å². The van der Waals surface area contributed by atoms with Crippen LogP contribution < -0.4 is 5.73 Å². The summed E-state index contributed by atoms with van der Waals surface area (Å²) in [5.74, 6) is 0.156. The molecule has 1 rings (SSSR count). The molecule has 0 aliphatic rings. The van der Waals surface area contributed by atoms with Gasteiger partial charge in [0.1, 0.15) is 9.84 Å². The highest BCUT2D eigenvalue weighted by Crippen LogP contribution is 2.32. The maximum atomic E-state index is 11.3. The molecule has 0 amide bonds. The molecule has 19 heavy (non-hydrogen) atoms. The van der Waals surface area contributed by atoms with E-state index in [0.717, 1.165) is 15.1 Å². The standard InChI is InChI=1S/C12H21BrN2O2S2/c1-4-9(14)12(10-5-6-11(13)18-10)15(2)7-8-19(3,16)17/h5-6,9,12H,4,7-8,14H2,1-3H3. The fourth-order valence-corrected chi connectivity index (χ4v) is 4.20. The number of hydrogen-bond donors (Lipinski definition) is 1. The quantitative estimate of drug-likeness (QED) is 0.801. The van der Waals surface area contributed by atoms with E-state index in [2.05, 4.69) is 15.9 Å². The lowest BCUT2D eigenvalue weighted by Gasteiger charge is -2.31. The van der Waals surface area contributed by atoms with Crippen molar-refractivity contribution in [3.05, 3.63) is 20.8 Å². The third kappa shape index (κ3) is 5.51. The third-order valence-corrected chi connectivity index (χ3v) is 5.67. The monoisotopic (exact) mass is 368 g/mol. The number of likely N-dealkylation sites (N-methyl/N-ethyl adjacent to an activating group) is 1. The molecule has 2 unspecified atom stereocenters. The first-order valence-electron chi connectivity index (χ1n) is 6.13. The number of halogens is 1. The molecule has 2 N–H and O–H groups in total. The lowest BCUT2D eigenvalue weighted by Crippen LogP contribution is -2.40. The predicted molar refractivity (Wildman–Crippen MR) is 85.4 cm³/mol. The first-order chi connectivity index (χ1) is 8.74. The van der Waals surface area contributed by atoms with E-state index < -0.39 is 9.84 Å². The molecule has 110 valence electrons. The van der Waals surface area contributed by atoms with Gasteiger partial charge in [-0.2, -0.15) is 0 Å². The van der Waals surface area contributed by atoms with Gasteiger partial charge >= 0.3 is 0 Å². The number of nitrogens with zero attached hydrogens (tertiary/aromatic N) is 1. The summed E-state index contributed by atoms with van der Waals surface area (Å²) in [4.78, 5) is 3.20. The van der Waals surface area contributed by atoms with Crippen LogP contribution in [-0.4, -0.2) is 45.0 Å². The van der Waals surface area contributed by atoms with Crippen molar-refractivity contribution in [2.24, 2.45) is 5.73 Å². The maximum Gasteiger partial charge on any atom is 0.148 e. The van der Waals surface area contributed by atoms with E-state index >= 15 is 0 Å². The summed E-state index contributed by atoms with van der Waals surface area (Å²) >= 11 is 5.10. The van der Waals surface area contributed by atoms with Crippen LogP contribution in [0.15, 0.2) is 15.9 Å². The van der Waals surface area contributed by atoms with Crippen molar-refractivity contribution in [1.82, 2.24) is 4.90 Å². The van der Waals surface area contributed by atoms with E-state index in [1.807, 2.05) is 31.0 Å². The zero-order valence-electron chi connectivity index (χ0n) is 11.5. The van der Waals surface area contributed by atoms with Gasteiger partial charge < -0.3 is 5.73 Å². The van der Waals surface area contributed by atoms with Crippen molar-refractivity contribution in [2.45, 2.75) is 25.4 Å². The van der Waals surface area contributed by atoms with Gasteiger partial charge in [0.25, 0.3) is 0 Å². The second kappa shape index (κ2) is 7.17. The van der Waals surface area contributed by atoms with Crippen LogP contribution in [-0.2, 0) is 9.84 Å². The van der Waals surface area contributed by atoms with Gasteiger partial charge in [-0.05, 0) is 41.5 Å². The molecule has 0 aromatic carbocycles. The Morgan fingerprint density at radius 1 is 1.47 bits per heavy atom. The summed E-state index contributed by atoms with van der Waals surface area (Å²) in [6.07, 6.45) is 2.11. The van der Waals surface area contributed by atoms with E-state index in [-0.39, 0.29) is 17.8 Å². The van der Waals surface area contributed by atoms with Crippen LogP contribution in [0.2, 0.25) is 0 Å². The minimum absolute atomic E-state index is 0.00453. The van der Waals surface area contributed by atoms with E-state index in [1.54, 1.807) is 11.3 Å². The second-order valence-electron chi connectivity index (χ2n) is 4.77. The van der Waals surface area contributed by atoms with Gasteiger partial charge in [0, 0.05) is 23.7 Å². The summed E-state index contributed by atoms with van der Waals surface area (Å²) < 4.78 is 23.6. The minimum atomic E-state index is -2.95. The van der Waals surface area contributed by atoms with Gasteiger partial charge in [0.2, 0.25) is 0 Å². The Bertz CT molecular complexity index is 502. The number of rotatable bonds is 7. The molecule has 1 aromatic rings. The minimum Gasteiger partial charge on any atom is -0.326 e. The number of thiophene rings is 1. The highest BCUT2D eigenvalue weighted by molar-refractivity contribution is 9.11. The van der Waals surface area contributed by atoms with Gasteiger partial charge in [-0.3, -0.25) is 4.90 Å². The Labute approximate surface area is 128 Å². The summed E-state index contributed by atoms with van der Waals surface area (Å²) in [6, 6.07) is 4.10. The first kappa shape index (κ1) is 17.1. The first-order valence-corrected chi connectivity index (χ1v) is 9.80. The van der Waals surface area contributed by atoms with Crippen molar-refractivity contribution in [1.29, 1.82) is 0 Å². The van der Waals surface area contributed by atoms with Crippen molar-refractivity contribution >= 4 is 37.1 Å². The normalized spacial score (nSPS) is 15.7. The zero-order valence-corrected chi connectivity index (χ0v) is 14.7. The van der Waals surface area contributed by atoms with Crippen LogP contribution in [0.25, 0.3) is 0 Å². The Hall–Kier alpha value is 0.0500. The molecule has 0 bridgehead atoms. The van der Waals surface area contributed by atoms with E-state index in [1.165, 1.54) is 6.26 Å². The summed E-state index contributed by atoms with van der Waals surface area (Å²) in [5, 5.41) is 0. The highest BCUT2D eigenvalue weighted by atomic mass is 79.9. The number of hydrogen-bond acceptors (Lipinski definition) is 5. The van der Waals surface area contributed by atoms with Gasteiger partial charge in [-0.15, -0.1) is 11.3 Å². The molecule has 0 spiro atoms. The molecule has 4 nitrogen and oxygen atoms in total. The SMILES string of the molecule is CCC(N)C(c1ccc(Br)s1)N(C)CCS(C)(=O)=O. The van der Waals surface area contributed by atoms with Gasteiger partial charge in [-0.1, -0.05) is 6.92 Å². The van der Waals surface area contributed by atoms with E-state index in [9.17, 15) is 8.42 Å². The topological polar surface area (TPSA) is 63.4 Å². The molecule has 0 radical (unpaired) electrons. The summed E-state index contributed by atoms with van der Waals surface area (Å²) in [7, 11) is -1.02. The summed E-state index contributed by atoms with van der Waals surface area (Å²) in [6.45, 7) is 2.54. The van der Waals surface area contributed by atoms with Crippen molar-refractivity contribution in [3.63, 3.8) is 0 Å². The molecule has 2 atom stereocenters. The third-order valence-electron chi connectivity index (χ3n) is 3.05. The van der Waals surface area contributed by atoms with E-state index in [4.69, 9.17) is 5.73 Å². The predicted octanol–water partition coefficient (Wildman–Crippen LogP) is 2.27. The molecule has 1 heterocycles. The molecular weight excluding hydrogens is 348 g/mol.